The number of nitrogens with zero attached hydrogens (tertiary/aromatic N) is 1. The van der Waals surface area contributed by atoms with E-state index in [9.17, 15) is 0 Å². The summed E-state index contributed by atoms with van der Waals surface area (Å²) in [6.07, 6.45) is 0. The molecule has 3 nitrogen and oxygen atoms in total. The van der Waals surface area contributed by atoms with E-state index < -0.39 is 0 Å². The van der Waals surface area contributed by atoms with Crippen LogP contribution in [0.5, 0.6) is 5.75 Å². The van der Waals surface area contributed by atoms with Crippen LogP contribution in [0.3, 0.4) is 0 Å². The summed E-state index contributed by atoms with van der Waals surface area (Å²) in [5, 5.41) is 2.32. The molecule has 0 aromatic heterocycles. The SMILES string of the molecule is CN(C)CCOc1ccc2cc(C#CCN)ccc2c1. The molecule has 0 spiro atoms. The monoisotopic (exact) mass is 268 g/mol. The molecule has 2 N–H and O–H groups in total. The molecule has 0 radical (unpaired) electrons. The van der Waals surface area contributed by atoms with Gasteiger partial charge in [0.25, 0.3) is 0 Å². The molecular weight excluding hydrogens is 248 g/mol. The third-order valence-corrected chi connectivity index (χ3v) is 2.95. The Morgan fingerprint density at radius 1 is 1.10 bits per heavy atom. The quantitative estimate of drug-likeness (QED) is 0.863. The molecule has 2 aromatic rings. The van der Waals surface area contributed by atoms with Crippen LogP contribution in [0.2, 0.25) is 0 Å². The van der Waals surface area contributed by atoms with Crippen LogP contribution in [0.25, 0.3) is 10.8 Å². The van der Waals surface area contributed by atoms with Gasteiger partial charge in [0.2, 0.25) is 0 Å². The van der Waals surface area contributed by atoms with E-state index in [0.717, 1.165) is 28.6 Å². The number of fused-ring (bicyclic) bond motifs is 1. The number of ether oxygens (including phenoxy) is 1. The van der Waals surface area contributed by atoms with Crippen molar-refractivity contribution in [3.05, 3.63) is 42.0 Å². The molecule has 0 fully saturated rings. The van der Waals surface area contributed by atoms with Crippen LogP contribution < -0.4 is 10.5 Å². The van der Waals surface area contributed by atoms with Crippen molar-refractivity contribution in [2.24, 2.45) is 5.73 Å². The lowest BCUT2D eigenvalue weighted by atomic mass is 10.1. The summed E-state index contributed by atoms with van der Waals surface area (Å²) >= 11 is 0. The third kappa shape index (κ3) is 3.99. The second-order valence-electron chi connectivity index (χ2n) is 4.88. The molecule has 0 amide bonds. The van der Waals surface area contributed by atoms with Gasteiger partial charge in [0, 0.05) is 12.1 Å². The number of hydrogen-bond donors (Lipinski definition) is 1. The molecular formula is C17H20N2O. The zero-order valence-electron chi connectivity index (χ0n) is 12.0. The Hall–Kier alpha value is -2.02. The van der Waals surface area contributed by atoms with Crippen molar-refractivity contribution >= 4 is 10.8 Å². The van der Waals surface area contributed by atoms with E-state index in [1.807, 2.05) is 26.2 Å². The number of rotatable bonds is 4. The lowest BCUT2D eigenvalue weighted by Gasteiger charge is -2.11. The van der Waals surface area contributed by atoms with Gasteiger partial charge in [-0.15, -0.1) is 0 Å². The molecule has 0 saturated heterocycles. The Labute approximate surface area is 120 Å². The zero-order chi connectivity index (χ0) is 14.4. The first-order valence-electron chi connectivity index (χ1n) is 6.69. The predicted octanol–water partition coefficient (Wildman–Crippen LogP) is 2.09. The summed E-state index contributed by atoms with van der Waals surface area (Å²) in [6.45, 7) is 1.99. The van der Waals surface area contributed by atoms with Gasteiger partial charge in [-0.05, 0) is 49.1 Å². The van der Waals surface area contributed by atoms with E-state index in [2.05, 4.69) is 41.0 Å². The van der Waals surface area contributed by atoms with Crippen LogP contribution in [-0.4, -0.2) is 38.7 Å². The van der Waals surface area contributed by atoms with Crippen LogP contribution >= 0.6 is 0 Å². The second kappa shape index (κ2) is 6.95. The Bertz CT molecular complexity index is 638. The lowest BCUT2D eigenvalue weighted by Crippen LogP contribution is -2.19. The largest absolute Gasteiger partial charge is 0.492 e. The highest BCUT2D eigenvalue weighted by atomic mass is 16.5. The van der Waals surface area contributed by atoms with E-state index in [1.54, 1.807) is 0 Å². The van der Waals surface area contributed by atoms with Crippen LogP contribution in [0.1, 0.15) is 5.56 Å². The molecule has 3 heteroatoms. The first-order valence-corrected chi connectivity index (χ1v) is 6.69. The highest BCUT2D eigenvalue weighted by Crippen LogP contribution is 2.21. The maximum atomic E-state index is 5.73. The number of nitrogens with two attached hydrogens (primary N) is 1. The Balaban J connectivity index is 2.14. The van der Waals surface area contributed by atoms with Crippen molar-refractivity contribution < 1.29 is 4.74 Å². The van der Waals surface area contributed by atoms with Crippen molar-refractivity contribution in [1.82, 2.24) is 4.90 Å². The van der Waals surface area contributed by atoms with E-state index in [4.69, 9.17) is 10.5 Å². The number of hydrogen-bond acceptors (Lipinski definition) is 3. The van der Waals surface area contributed by atoms with Crippen LogP contribution in [0.4, 0.5) is 0 Å². The van der Waals surface area contributed by atoms with Gasteiger partial charge >= 0.3 is 0 Å². The van der Waals surface area contributed by atoms with Gasteiger partial charge in [0.15, 0.2) is 0 Å². The van der Waals surface area contributed by atoms with Crippen molar-refractivity contribution in [2.45, 2.75) is 0 Å². The van der Waals surface area contributed by atoms with E-state index in [-0.39, 0.29) is 0 Å². The first-order chi connectivity index (χ1) is 9.69. The molecule has 0 bridgehead atoms. The van der Waals surface area contributed by atoms with Crippen LogP contribution in [-0.2, 0) is 0 Å². The lowest BCUT2D eigenvalue weighted by molar-refractivity contribution is 0.261. The Kier molecular flexibility index (Phi) is 5.00. The van der Waals surface area contributed by atoms with E-state index >= 15 is 0 Å². The summed E-state index contributed by atoms with van der Waals surface area (Å²) < 4.78 is 5.73. The minimum atomic E-state index is 0.386. The fourth-order valence-corrected chi connectivity index (χ4v) is 1.89. The van der Waals surface area contributed by atoms with Crippen molar-refractivity contribution in [3.8, 4) is 17.6 Å². The van der Waals surface area contributed by atoms with Crippen LogP contribution in [0.15, 0.2) is 36.4 Å². The molecule has 0 saturated carbocycles. The minimum absolute atomic E-state index is 0.386. The molecule has 0 aliphatic rings. The fourth-order valence-electron chi connectivity index (χ4n) is 1.89. The smallest absolute Gasteiger partial charge is 0.120 e. The van der Waals surface area contributed by atoms with Crippen molar-refractivity contribution in [3.63, 3.8) is 0 Å². The standard InChI is InChI=1S/C17H20N2O/c1-19(2)10-11-20-17-8-7-15-12-14(4-3-9-18)5-6-16(15)13-17/h5-8,12-13H,9-11,18H2,1-2H3. The van der Waals surface area contributed by atoms with E-state index in [0.29, 0.717) is 13.2 Å². The summed E-state index contributed by atoms with van der Waals surface area (Å²) in [6, 6.07) is 12.3. The molecule has 2 rings (SSSR count). The maximum absolute atomic E-state index is 5.73. The molecule has 20 heavy (non-hydrogen) atoms. The zero-order valence-corrected chi connectivity index (χ0v) is 12.0. The van der Waals surface area contributed by atoms with Crippen molar-refractivity contribution in [2.75, 3.05) is 33.8 Å². The summed E-state index contributed by atoms with van der Waals surface area (Å²) in [5.74, 6) is 6.82. The van der Waals surface area contributed by atoms with Crippen LogP contribution in [0, 0.1) is 11.8 Å². The number of benzene rings is 2. The topological polar surface area (TPSA) is 38.5 Å². The van der Waals surface area contributed by atoms with Gasteiger partial charge < -0.3 is 15.4 Å². The summed E-state index contributed by atoms with van der Waals surface area (Å²) in [5.41, 5.74) is 6.37. The van der Waals surface area contributed by atoms with Gasteiger partial charge in [0.1, 0.15) is 12.4 Å². The average Bonchev–Trinajstić information content (AvgIpc) is 2.44. The molecule has 0 aliphatic carbocycles. The average molecular weight is 268 g/mol. The van der Waals surface area contributed by atoms with Gasteiger partial charge in [0.05, 0.1) is 6.54 Å². The minimum Gasteiger partial charge on any atom is -0.492 e. The van der Waals surface area contributed by atoms with Gasteiger partial charge in [-0.25, -0.2) is 0 Å². The van der Waals surface area contributed by atoms with Gasteiger partial charge in [-0.2, -0.15) is 0 Å². The van der Waals surface area contributed by atoms with Gasteiger partial charge in [-0.1, -0.05) is 24.0 Å². The molecule has 0 heterocycles. The molecule has 2 aromatic carbocycles. The Morgan fingerprint density at radius 2 is 1.85 bits per heavy atom. The summed E-state index contributed by atoms with van der Waals surface area (Å²) in [7, 11) is 4.07. The normalized spacial score (nSPS) is 10.4. The third-order valence-electron chi connectivity index (χ3n) is 2.95. The highest BCUT2D eigenvalue weighted by molar-refractivity contribution is 5.85. The molecule has 104 valence electrons. The predicted molar refractivity (Wildman–Crippen MR) is 83.9 cm³/mol. The Morgan fingerprint density at radius 3 is 2.60 bits per heavy atom. The second-order valence-corrected chi connectivity index (χ2v) is 4.88. The molecule has 0 atom stereocenters. The van der Waals surface area contributed by atoms with Gasteiger partial charge in [-0.3, -0.25) is 0 Å². The maximum Gasteiger partial charge on any atom is 0.120 e. The molecule has 0 aliphatic heterocycles. The van der Waals surface area contributed by atoms with Crippen molar-refractivity contribution in [1.29, 1.82) is 0 Å². The van der Waals surface area contributed by atoms with E-state index in [1.165, 1.54) is 0 Å². The first kappa shape index (κ1) is 14.4. The highest BCUT2D eigenvalue weighted by Gasteiger charge is 1.99. The number of likely N-dealkylation sites (N-methyl/N-ethyl adjacent to an activating group) is 1. The summed E-state index contributed by atoms with van der Waals surface area (Å²) in [4.78, 5) is 2.10. The fraction of sp³-hybridized carbons (Fsp3) is 0.294. The molecule has 0 unspecified atom stereocenters.